The van der Waals surface area contributed by atoms with Crippen molar-refractivity contribution in [1.82, 2.24) is 5.32 Å². The Hall–Kier alpha value is -1.06. The molecule has 1 aromatic carbocycles. The van der Waals surface area contributed by atoms with Gasteiger partial charge in [0.05, 0.1) is 6.10 Å². The Kier molecular flexibility index (Phi) is 2.81. The molecule has 0 amide bonds. The first kappa shape index (κ1) is 11.1. The monoisotopic (exact) mass is 233 g/mol. The van der Waals surface area contributed by atoms with E-state index >= 15 is 0 Å². The van der Waals surface area contributed by atoms with Crippen LogP contribution in [0.5, 0.6) is 5.75 Å². The lowest BCUT2D eigenvalue weighted by molar-refractivity contribution is 0.0141. The summed E-state index contributed by atoms with van der Waals surface area (Å²) in [6.45, 7) is 0. The first-order chi connectivity index (χ1) is 8.28. The molecule has 0 aliphatic heterocycles. The second-order valence-electron chi connectivity index (χ2n) is 5.13. The summed E-state index contributed by atoms with van der Waals surface area (Å²) >= 11 is 0. The Bertz CT molecular complexity index is 413. The number of phenols is 1. The second-order valence-corrected chi connectivity index (χ2v) is 5.13. The summed E-state index contributed by atoms with van der Waals surface area (Å²) in [6.07, 6.45) is 4.75. The number of aromatic hydroxyl groups is 1. The molecule has 3 rings (SSSR count). The van der Waals surface area contributed by atoms with Crippen molar-refractivity contribution >= 4 is 0 Å². The number of fused-ring (bicyclic) bond motifs is 1. The number of ether oxygens (including phenoxy) is 1. The molecular formula is C14H19NO2. The van der Waals surface area contributed by atoms with Crippen molar-refractivity contribution in [2.24, 2.45) is 0 Å². The molecule has 1 unspecified atom stereocenters. The molecule has 2 aliphatic rings. The van der Waals surface area contributed by atoms with Crippen LogP contribution >= 0.6 is 0 Å². The number of methoxy groups -OCH3 is 1. The molecule has 1 saturated carbocycles. The average Bonchev–Trinajstić information content (AvgIpc) is 2.68. The molecule has 1 fully saturated rings. The highest BCUT2D eigenvalue weighted by Crippen LogP contribution is 2.37. The first-order valence-electron chi connectivity index (χ1n) is 6.37. The number of rotatable bonds is 3. The van der Waals surface area contributed by atoms with Gasteiger partial charge in [0.1, 0.15) is 5.75 Å². The lowest BCUT2D eigenvalue weighted by Crippen LogP contribution is -2.46. The molecule has 1 aromatic rings. The van der Waals surface area contributed by atoms with Gasteiger partial charge in [-0.3, -0.25) is 0 Å². The minimum atomic E-state index is 0.417. The number of benzene rings is 1. The second kappa shape index (κ2) is 4.31. The fraction of sp³-hybridized carbons (Fsp3) is 0.571. The normalized spacial score (nSPS) is 31.0. The largest absolute Gasteiger partial charge is 0.508 e. The molecule has 92 valence electrons. The van der Waals surface area contributed by atoms with Gasteiger partial charge in [-0.2, -0.15) is 0 Å². The van der Waals surface area contributed by atoms with Crippen LogP contribution in [-0.2, 0) is 11.2 Å². The van der Waals surface area contributed by atoms with E-state index in [1.54, 1.807) is 13.2 Å². The molecule has 1 atom stereocenters. The minimum absolute atomic E-state index is 0.417. The number of hydrogen-bond acceptors (Lipinski definition) is 3. The van der Waals surface area contributed by atoms with E-state index in [0.29, 0.717) is 23.9 Å². The molecule has 3 nitrogen and oxygen atoms in total. The van der Waals surface area contributed by atoms with E-state index in [1.165, 1.54) is 5.56 Å². The molecule has 0 heterocycles. The summed E-state index contributed by atoms with van der Waals surface area (Å²) < 4.78 is 5.29. The zero-order valence-corrected chi connectivity index (χ0v) is 10.1. The highest BCUT2D eigenvalue weighted by atomic mass is 16.5. The number of hydrogen-bond donors (Lipinski definition) is 2. The van der Waals surface area contributed by atoms with E-state index in [-0.39, 0.29) is 0 Å². The van der Waals surface area contributed by atoms with Crippen LogP contribution in [0.15, 0.2) is 18.2 Å². The van der Waals surface area contributed by atoms with Gasteiger partial charge in [0.15, 0.2) is 0 Å². The summed E-state index contributed by atoms with van der Waals surface area (Å²) in [6, 6.07) is 6.85. The van der Waals surface area contributed by atoms with E-state index < -0.39 is 0 Å². The van der Waals surface area contributed by atoms with Gasteiger partial charge in [-0.25, -0.2) is 0 Å². The van der Waals surface area contributed by atoms with Crippen molar-refractivity contribution in [3.63, 3.8) is 0 Å². The maximum Gasteiger partial charge on any atom is 0.119 e. The zero-order valence-electron chi connectivity index (χ0n) is 10.1. The van der Waals surface area contributed by atoms with Crippen molar-refractivity contribution in [2.75, 3.05) is 7.11 Å². The van der Waals surface area contributed by atoms with E-state index in [1.807, 2.05) is 6.07 Å². The van der Waals surface area contributed by atoms with Gasteiger partial charge >= 0.3 is 0 Å². The number of phenolic OH excluding ortho intramolecular Hbond substituents is 1. The molecular weight excluding hydrogens is 214 g/mol. The molecule has 0 radical (unpaired) electrons. The van der Waals surface area contributed by atoms with Gasteiger partial charge in [0, 0.05) is 19.2 Å². The van der Waals surface area contributed by atoms with Gasteiger partial charge < -0.3 is 15.2 Å². The highest BCUT2D eigenvalue weighted by molar-refractivity contribution is 5.44. The van der Waals surface area contributed by atoms with E-state index in [0.717, 1.165) is 31.2 Å². The zero-order chi connectivity index (χ0) is 11.8. The Labute approximate surface area is 102 Å². The average molecular weight is 233 g/mol. The van der Waals surface area contributed by atoms with Crippen molar-refractivity contribution in [3.8, 4) is 5.75 Å². The fourth-order valence-corrected chi connectivity index (χ4v) is 2.99. The Morgan fingerprint density at radius 3 is 2.94 bits per heavy atom. The van der Waals surface area contributed by atoms with E-state index in [4.69, 9.17) is 4.74 Å². The third-order valence-corrected chi connectivity index (χ3v) is 4.11. The summed E-state index contributed by atoms with van der Waals surface area (Å²) in [5.74, 6) is 0.454. The van der Waals surface area contributed by atoms with Gasteiger partial charge in [-0.1, -0.05) is 12.1 Å². The van der Waals surface area contributed by atoms with Crippen molar-refractivity contribution in [2.45, 2.75) is 43.9 Å². The minimum Gasteiger partial charge on any atom is -0.508 e. The molecule has 0 spiro atoms. The lowest BCUT2D eigenvalue weighted by Gasteiger charge is -2.36. The van der Waals surface area contributed by atoms with Crippen LogP contribution in [0, 0.1) is 0 Å². The molecule has 0 saturated heterocycles. The van der Waals surface area contributed by atoms with Crippen LogP contribution in [0.4, 0.5) is 0 Å². The Morgan fingerprint density at radius 1 is 1.35 bits per heavy atom. The van der Waals surface area contributed by atoms with E-state index in [2.05, 4.69) is 11.4 Å². The van der Waals surface area contributed by atoms with Crippen LogP contribution in [0.3, 0.4) is 0 Å². The van der Waals surface area contributed by atoms with Crippen LogP contribution in [0.2, 0.25) is 0 Å². The first-order valence-corrected chi connectivity index (χ1v) is 6.37. The fourth-order valence-electron chi connectivity index (χ4n) is 2.99. The van der Waals surface area contributed by atoms with Gasteiger partial charge in [0.25, 0.3) is 0 Å². The van der Waals surface area contributed by atoms with E-state index in [9.17, 15) is 5.11 Å². The maximum atomic E-state index is 9.79. The predicted octanol–water partition coefficient (Wildman–Crippen LogP) is 2.15. The van der Waals surface area contributed by atoms with Crippen molar-refractivity contribution < 1.29 is 9.84 Å². The lowest BCUT2D eigenvalue weighted by atomic mass is 9.88. The summed E-state index contributed by atoms with van der Waals surface area (Å²) in [4.78, 5) is 0. The van der Waals surface area contributed by atoms with Crippen LogP contribution < -0.4 is 5.32 Å². The van der Waals surface area contributed by atoms with Gasteiger partial charge in [-0.15, -0.1) is 0 Å². The van der Waals surface area contributed by atoms with Gasteiger partial charge in [0.2, 0.25) is 0 Å². The Morgan fingerprint density at radius 2 is 2.18 bits per heavy atom. The smallest absolute Gasteiger partial charge is 0.119 e. The standard InChI is InChI=1S/C14H19NO2/c1-17-10-7-9(8-10)15-13-6-5-12-11(13)3-2-4-14(12)16/h2-4,9-10,13,15-16H,5-8H2,1H3. The van der Waals surface area contributed by atoms with Crippen molar-refractivity contribution in [3.05, 3.63) is 29.3 Å². The van der Waals surface area contributed by atoms with Crippen LogP contribution in [0.1, 0.15) is 36.4 Å². The Balaban J connectivity index is 1.66. The summed E-state index contributed by atoms with van der Waals surface area (Å²) in [5.41, 5.74) is 2.42. The highest BCUT2D eigenvalue weighted by Gasteiger charge is 2.33. The summed E-state index contributed by atoms with van der Waals surface area (Å²) in [5, 5.41) is 13.5. The quantitative estimate of drug-likeness (QED) is 0.840. The SMILES string of the molecule is COC1CC(NC2CCc3c(O)cccc32)C1. The topological polar surface area (TPSA) is 41.5 Å². The van der Waals surface area contributed by atoms with Crippen LogP contribution in [-0.4, -0.2) is 24.4 Å². The summed E-state index contributed by atoms with van der Waals surface area (Å²) in [7, 11) is 1.78. The van der Waals surface area contributed by atoms with Crippen molar-refractivity contribution in [1.29, 1.82) is 0 Å². The third kappa shape index (κ3) is 1.94. The van der Waals surface area contributed by atoms with Gasteiger partial charge in [-0.05, 0) is 42.9 Å². The predicted molar refractivity (Wildman–Crippen MR) is 66.1 cm³/mol. The molecule has 3 heteroatoms. The molecule has 17 heavy (non-hydrogen) atoms. The molecule has 2 aliphatic carbocycles. The third-order valence-electron chi connectivity index (χ3n) is 4.11. The van der Waals surface area contributed by atoms with Crippen LogP contribution in [0.25, 0.3) is 0 Å². The molecule has 0 bridgehead atoms. The molecule has 2 N–H and O–H groups in total. The number of nitrogens with one attached hydrogen (secondary N) is 1. The maximum absolute atomic E-state index is 9.79. The molecule has 0 aromatic heterocycles.